The van der Waals surface area contributed by atoms with Crippen molar-refractivity contribution >= 4 is 10.0 Å². The van der Waals surface area contributed by atoms with Gasteiger partial charge in [-0.2, -0.15) is 0 Å². The predicted molar refractivity (Wildman–Crippen MR) is 66.6 cm³/mol. The van der Waals surface area contributed by atoms with E-state index < -0.39 is 15.6 Å². The molecule has 1 aromatic rings. The second kappa shape index (κ2) is 5.33. The molecule has 18 heavy (non-hydrogen) atoms. The number of hydrogen-bond donors (Lipinski definition) is 1. The molecular weight excluding hydrogens is 256 g/mol. The summed E-state index contributed by atoms with van der Waals surface area (Å²) in [5.74, 6) is 0.556. The summed E-state index contributed by atoms with van der Waals surface area (Å²) in [7, 11) is -3.88. The summed E-state index contributed by atoms with van der Waals surface area (Å²) in [6.07, 6.45) is 0.494. The second-order valence-corrected chi connectivity index (χ2v) is 6.35. The number of primary sulfonamides is 1. The summed E-state index contributed by atoms with van der Waals surface area (Å²) in [6.45, 7) is 8.57. The first-order valence-electron chi connectivity index (χ1n) is 5.73. The number of aromatic nitrogens is 3. The molecule has 0 aliphatic carbocycles. The topological polar surface area (TPSA) is 100 Å². The smallest absolute Gasteiger partial charge is 0.273 e. The van der Waals surface area contributed by atoms with E-state index in [4.69, 9.17) is 9.88 Å². The zero-order valence-electron chi connectivity index (χ0n) is 11.2. The van der Waals surface area contributed by atoms with Gasteiger partial charge < -0.3 is 4.74 Å². The van der Waals surface area contributed by atoms with Gasteiger partial charge in [0, 0.05) is 18.6 Å². The van der Waals surface area contributed by atoms with Crippen LogP contribution in [0.5, 0.6) is 0 Å². The molecule has 1 heterocycles. The Balaban J connectivity index is 3.17. The third kappa shape index (κ3) is 3.50. The summed E-state index contributed by atoms with van der Waals surface area (Å²) in [5.41, 5.74) is -0.465. The second-order valence-electron chi connectivity index (χ2n) is 4.90. The highest BCUT2D eigenvalue weighted by atomic mass is 32.2. The van der Waals surface area contributed by atoms with E-state index in [1.165, 1.54) is 0 Å². The molecule has 0 spiro atoms. The van der Waals surface area contributed by atoms with Crippen molar-refractivity contribution in [3.63, 3.8) is 0 Å². The van der Waals surface area contributed by atoms with E-state index in [9.17, 15) is 8.42 Å². The molecule has 0 saturated heterocycles. The zero-order valence-corrected chi connectivity index (χ0v) is 12.0. The molecule has 0 unspecified atom stereocenters. The van der Waals surface area contributed by atoms with Crippen molar-refractivity contribution in [1.82, 2.24) is 14.8 Å². The van der Waals surface area contributed by atoms with E-state index in [2.05, 4.69) is 10.2 Å². The third-order valence-electron chi connectivity index (χ3n) is 2.30. The van der Waals surface area contributed by atoms with Crippen molar-refractivity contribution in [2.45, 2.75) is 44.8 Å². The van der Waals surface area contributed by atoms with Crippen LogP contribution in [0.4, 0.5) is 0 Å². The maximum absolute atomic E-state index is 11.5. The highest BCUT2D eigenvalue weighted by Crippen LogP contribution is 2.21. The predicted octanol–water partition coefficient (Wildman–Crippen LogP) is 0.260. The van der Waals surface area contributed by atoms with Gasteiger partial charge in [-0.1, -0.05) is 0 Å². The van der Waals surface area contributed by atoms with Gasteiger partial charge in [0.2, 0.25) is 0 Å². The number of hydrogen-bond acceptors (Lipinski definition) is 5. The Bertz CT molecular complexity index is 502. The standard InChI is InChI=1S/C10H20N4O3S/c1-5-17-7-6-8-12-13-9(18(11,15)16)14(8)10(2,3)4/h5-7H2,1-4H3,(H2,11,15,16). The summed E-state index contributed by atoms with van der Waals surface area (Å²) in [6, 6.07) is 0. The molecule has 1 aromatic heterocycles. The summed E-state index contributed by atoms with van der Waals surface area (Å²) < 4.78 is 29.7. The van der Waals surface area contributed by atoms with Gasteiger partial charge >= 0.3 is 0 Å². The lowest BCUT2D eigenvalue weighted by atomic mass is 10.1. The monoisotopic (exact) mass is 276 g/mol. The maximum Gasteiger partial charge on any atom is 0.273 e. The van der Waals surface area contributed by atoms with Gasteiger partial charge in [0.15, 0.2) is 0 Å². The van der Waals surface area contributed by atoms with Gasteiger partial charge in [-0.25, -0.2) is 13.6 Å². The quantitative estimate of drug-likeness (QED) is 0.777. The molecule has 0 fully saturated rings. The fraction of sp³-hybridized carbons (Fsp3) is 0.800. The largest absolute Gasteiger partial charge is 0.381 e. The number of nitrogens with zero attached hydrogens (tertiary/aromatic N) is 3. The van der Waals surface area contributed by atoms with Crippen LogP contribution in [0.15, 0.2) is 5.16 Å². The first kappa shape index (κ1) is 15.1. The average molecular weight is 276 g/mol. The lowest BCUT2D eigenvalue weighted by Gasteiger charge is -2.24. The average Bonchev–Trinajstić information content (AvgIpc) is 2.60. The number of rotatable bonds is 5. The van der Waals surface area contributed by atoms with Crippen molar-refractivity contribution in [2.75, 3.05) is 13.2 Å². The van der Waals surface area contributed by atoms with Gasteiger partial charge in [0.05, 0.1) is 6.61 Å². The Hall–Kier alpha value is -0.990. The van der Waals surface area contributed by atoms with E-state index in [1.807, 2.05) is 27.7 Å². The molecule has 2 N–H and O–H groups in total. The SMILES string of the molecule is CCOCCc1nnc(S(N)(=O)=O)n1C(C)(C)C. The first-order valence-corrected chi connectivity index (χ1v) is 7.28. The molecule has 0 aliphatic rings. The number of sulfonamides is 1. The minimum atomic E-state index is -3.88. The van der Waals surface area contributed by atoms with Crippen molar-refractivity contribution < 1.29 is 13.2 Å². The molecular formula is C10H20N4O3S. The molecule has 8 heteroatoms. The Labute approximate surface area is 107 Å². The molecule has 0 atom stereocenters. The van der Waals surface area contributed by atoms with Crippen molar-refractivity contribution in [3.8, 4) is 0 Å². The van der Waals surface area contributed by atoms with E-state index >= 15 is 0 Å². The van der Waals surface area contributed by atoms with Crippen LogP contribution in [-0.2, 0) is 26.7 Å². The molecule has 0 aromatic carbocycles. The first-order chi connectivity index (χ1) is 8.18. The van der Waals surface area contributed by atoms with E-state index in [1.54, 1.807) is 4.57 Å². The minimum absolute atomic E-state index is 0.207. The summed E-state index contributed by atoms with van der Waals surface area (Å²) >= 11 is 0. The number of nitrogens with two attached hydrogens (primary N) is 1. The van der Waals surface area contributed by atoms with Crippen LogP contribution in [0.25, 0.3) is 0 Å². The molecule has 0 saturated carbocycles. The van der Waals surface area contributed by atoms with Crippen LogP contribution in [0.3, 0.4) is 0 Å². The normalized spacial score (nSPS) is 12.9. The minimum Gasteiger partial charge on any atom is -0.381 e. The Morgan fingerprint density at radius 2 is 1.94 bits per heavy atom. The van der Waals surface area contributed by atoms with Crippen LogP contribution >= 0.6 is 0 Å². The van der Waals surface area contributed by atoms with Crippen molar-refractivity contribution in [1.29, 1.82) is 0 Å². The van der Waals surface area contributed by atoms with Gasteiger partial charge in [-0.3, -0.25) is 4.57 Å². The van der Waals surface area contributed by atoms with Crippen molar-refractivity contribution in [2.24, 2.45) is 5.14 Å². The lowest BCUT2D eigenvalue weighted by Crippen LogP contribution is -2.30. The maximum atomic E-state index is 11.5. The highest BCUT2D eigenvalue weighted by molar-refractivity contribution is 7.89. The lowest BCUT2D eigenvalue weighted by molar-refractivity contribution is 0.147. The Morgan fingerprint density at radius 3 is 2.39 bits per heavy atom. The van der Waals surface area contributed by atoms with Crippen LogP contribution in [0, 0.1) is 0 Å². The van der Waals surface area contributed by atoms with E-state index in [0.717, 1.165) is 0 Å². The Morgan fingerprint density at radius 1 is 1.33 bits per heavy atom. The number of ether oxygens (including phenoxy) is 1. The highest BCUT2D eigenvalue weighted by Gasteiger charge is 2.28. The fourth-order valence-corrected chi connectivity index (χ4v) is 2.42. The van der Waals surface area contributed by atoms with Gasteiger partial charge in [0.1, 0.15) is 5.82 Å². The van der Waals surface area contributed by atoms with E-state index in [-0.39, 0.29) is 5.16 Å². The molecule has 1 rings (SSSR count). The van der Waals surface area contributed by atoms with Crippen LogP contribution < -0.4 is 5.14 Å². The van der Waals surface area contributed by atoms with Gasteiger partial charge in [-0.15, -0.1) is 10.2 Å². The third-order valence-corrected chi connectivity index (χ3v) is 3.07. The van der Waals surface area contributed by atoms with Gasteiger partial charge in [0.25, 0.3) is 15.2 Å². The van der Waals surface area contributed by atoms with Crippen LogP contribution in [-0.4, -0.2) is 36.4 Å². The van der Waals surface area contributed by atoms with Crippen LogP contribution in [0.1, 0.15) is 33.5 Å². The fourth-order valence-electron chi connectivity index (χ4n) is 1.63. The molecule has 0 bridgehead atoms. The molecule has 0 radical (unpaired) electrons. The molecule has 104 valence electrons. The molecule has 0 aliphatic heterocycles. The summed E-state index contributed by atoms with van der Waals surface area (Å²) in [5, 5.41) is 12.5. The molecule has 0 amide bonds. The zero-order chi connectivity index (χ0) is 14.0. The Kier molecular flexibility index (Phi) is 4.46. The summed E-state index contributed by atoms with van der Waals surface area (Å²) in [4.78, 5) is 0. The van der Waals surface area contributed by atoms with Crippen LogP contribution in [0.2, 0.25) is 0 Å². The molecule has 7 nitrogen and oxygen atoms in total. The van der Waals surface area contributed by atoms with E-state index in [0.29, 0.717) is 25.5 Å². The van der Waals surface area contributed by atoms with Crippen molar-refractivity contribution in [3.05, 3.63) is 5.82 Å². The van der Waals surface area contributed by atoms with Gasteiger partial charge in [-0.05, 0) is 27.7 Å².